The van der Waals surface area contributed by atoms with Crippen molar-refractivity contribution in [3.63, 3.8) is 0 Å². The molecular weight excluding hydrogens is 368 g/mol. The highest BCUT2D eigenvalue weighted by atomic mass is 16.5. The van der Waals surface area contributed by atoms with Crippen molar-refractivity contribution >= 4 is 11.7 Å². The lowest BCUT2D eigenvalue weighted by atomic mass is 10.2. The largest absolute Gasteiger partial charge is 0.493 e. The summed E-state index contributed by atoms with van der Waals surface area (Å²) >= 11 is 0. The zero-order valence-corrected chi connectivity index (χ0v) is 16.5. The predicted octanol–water partition coefficient (Wildman–Crippen LogP) is 4.60. The minimum absolute atomic E-state index is 0.294. The van der Waals surface area contributed by atoms with E-state index in [9.17, 15) is 4.79 Å². The van der Waals surface area contributed by atoms with Gasteiger partial charge in [0.1, 0.15) is 12.4 Å². The second-order valence-corrected chi connectivity index (χ2v) is 6.30. The van der Waals surface area contributed by atoms with Crippen LogP contribution >= 0.6 is 0 Å². The summed E-state index contributed by atoms with van der Waals surface area (Å²) in [7, 11) is 3.16. The Morgan fingerprint density at radius 2 is 1.55 bits per heavy atom. The average Bonchev–Trinajstić information content (AvgIpc) is 2.77. The van der Waals surface area contributed by atoms with Gasteiger partial charge >= 0.3 is 6.03 Å². The minimum atomic E-state index is -0.294. The van der Waals surface area contributed by atoms with E-state index in [1.807, 2.05) is 60.7 Å². The number of amides is 2. The number of rotatable bonds is 8. The van der Waals surface area contributed by atoms with Gasteiger partial charge in [-0.3, -0.25) is 0 Å². The maximum Gasteiger partial charge on any atom is 0.319 e. The maximum atomic E-state index is 12.1. The second-order valence-electron chi connectivity index (χ2n) is 6.30. The van der Waals surface area contributed by atoms with Crippen LogP contribution in [0.15, 0.2) is 72.8 Å². The molecule has 0 aliphatic carbocycles. The van der Waals surface area contributed by atoms with Crippen LogP contribution in [0.2, 0.25) is 0 Å². The third-order valence-electron chi connectivity index (χ3n) is 4.26. The van der Waals surface area contributed by atoms with E-state index in [1.54, 1.807) is 26.4 Å². The zero-order chi connectivity index (χ0) is 20.5. The smallest absolute Gasteiger partial charge is 0.319 e. The van der Waals surface area contributed by atoms with E-state index in [2.05, 4.69) is 10.6 Å². The van der Waals surface area contributed by atoms with Gasteiger partial charge in [-0.15, -0.1) is 0 Å². The summed E-state index contributed by atoms with van der Waals surface area (Å²) < 4.78 is 16.2. The van der Waals surface area contributed by atoms with Crippen LogP contribution in [-0.2, 0) is 13.2 Å². The van der Waals surface area contributed by atoms with Crippen LogP contribution in [0.4, 0.5) is 10.5 Å². The first-order chi connectivity index (χ1) is 14.2. The van der Waals surface area contributed by atoms with Crippen molar-refractivity contribution in [1.82, 2.24) is 5.32 Å². The fourth-order valence-electron chi connectivity index (χ4n) is 2.72. The van der Waals surface area contributed by atoms with Crippen molar-refractivity contribution in [2.24, 2.45) is 0 Å². The Kier molecular flexibility index (Phi) is 6.95. The topological polar surface area (TPSA) is 68.8 Å². The number of carbonyl (C=O) groups is 1. The number of methoxy groups -OCH3 is 2. The van der Waals surface area contributed by atoms with Crippen LogP contribution < -0.4 is 24.8 Å². The molecule has 0 aliphatic heterocycles. The van der Waals surface area contributed by atoms with Crippen molar-refractivity contribution in [2.45, 2.75) is 13.2 Å². The van der Waals surface area contributed by atoms with Crippen molar-refractivity contribution in [2.75, 3.05) is 19.5 Å². The molecule has 3 rings (SSSR count). The molecule has 0 saturated carbocycles. The number of ether oxygens (including phenoxy) is 3. The van der Waals surface area contributed by atoms with Gasteiger partial charge in [0.15, 0.2) is 11.5 Å². The van der Waals surface area contributed by atoms with Gasteiger partial charge in [0.25, 0.3) is 0 Å². The molecule has 2 N–H and O–H groups in total. The Morgan fingerprint density at radius 1 is 0.828 bits per heavy atom. The van der Waals surface area contributed by atoms with Crippen LogP contribution in [0.1, 0.15) is 11.1 Å². The van der Waals surface area contributed by atoms with Crippen LogP contribution in [0.25, 0.3) is 0 Å². The molecule has 0 spiro atoms. The summed E-state index contributed by atoms with van der Waals surface area (Å²) in [6.45, 7) is 0.865. The molecule has 0 bridgehead atoms. The summed E-state index contributed by atoms with van der Waals surface area (Å²) in [5.41, 5.74) is 2.69. The molecule has 29 heavy (non-hydrogen) atoms. The summed E-state index contributed by atoms with van der Waals surface area (Å²) in [6, 6.07) is 22.4. The van der Waals surface area contributed by atoms with E-state index in [-0.39, 0.29) is 6.03 Å². The second kappa shape index (κ2) is 10.0. The Morgan fingerprint density at radius 3 is 2.24 bits per heavy atom. The van der Waals surface area contributed by atoms with Gasteiger partial charge in [-0.1, -0.05) is 36.4 Å². The van der Waals surface area contributed by atoms with Crippen molar-refractivity contribution < 1.29 is 19.0 Å². The number of nitrogens with one attached hydrogen (secondary N) is 2. The molecule has 0 aromatic heterocycles. The molecule has 0 fully saturated rings. The Hall–Kier alpha value is -3.67. The monoisotopic (exact) mass is 392 g/mol. The minimum Gasteiger partial charge on any atom is -0.493 e. The summed E-state index contributed by atoms with van der Waals surface area (Å²) in [6.07, 6.45) is 0. The molecule has 6 nitrogen and oxygen atoms in total. The van der Waals surface area contributed by atoms with Gasteiger partial charge < -0.3 is 24.8 Å². The molecule has 6 heteroatoms. The lowest BCUT2D eigenvalue weighted by molar-refractivity contribution is 0.251. The summed E-state index contributed by atoms with van der Waals surface area (Å²) in [5.74, 6) is 2.01. The average molecular weight is 392 g/mol. The van der Waals surface area contributed by atoms with Crippen LogP contribution in [-0.4, -0.2) is 20.3 Å². The predicted molar refractivity (Wildman–Crippen MR) is 113 cm³/mol. The third-order valence-corrected chi connectivity index (χ3v) is 4.26. The van der Waals surface area contributed by atoms with Crippen LogP contribution in [0.3, 0.4) is 0 Å². The molecule has 0 aliphatic rings. The SMILES string of the molecule is COc1ccc(CNC(=O)Nc2ccc(OCc3ccccc3)cc2)cc1OC. The first-order valence-electron chi connectivity index (χ1n) is 9.20. The van der Waals surface area contributed by atoms with Gasteiger partial charge in [-0.25, -0.2) is 4.79 Å². The molecule has 150 valence electrons. The Bertz CT molecular complexity index is 927. The molecule has 0 heterocycles. The number of anilines is 1. The van der Waals surface area contributed by atoms with Crippen molar-refractivity contribution in [3.8, 4) is 17.2 Å². The van der Waals surface area contributed by atoms with E-state index in [0.717, 1.165) is 16.9 Å². The summed E-state index contributed by atoms with van der Waals surface area (Å²) in [4.78, 5) is 12.1. The number of hydrogen-bond donors (Lipinski definition) is 2. The highest BCUT2D eigenvalue weighted by molar-refractivity contribution is 5.89. The molecular formula is C23H24N2O4. The highest BCUT2D eigenvalue weighted by Crippen LogP contribution is 2.27. The van der Waals surface area contributed by atoms with Crippen molar-refractivity contribution in [3.05, 3.63) is 83.9 Å². The number of hydrogen-bond acceptors (Lipinski definition) is 4. The van der Waals surface area contributed by atoms with E-state index in [4.69, 9.17) is 14.2 Å². The van der Waals surface area contributed by atoms with Gasteiger partial charge in [0, 0.05) is 12.2 Å². The van der Waals surface area contributed by atoms with Gasteiger partial charge in [-0.2, -0.15) is 0 Å². The molecule has 3 aromatic rings. The lowest BCUT2D eigenvalue weighted by Crippen LogP contribution is -2.28. The first kappa shape index (κ1) is 20.1. The first-order valence-corrected chi connectivity index (χ1v) is 9.20. The van der Waals surface area contributed by atoms with E-state index < -0.39 is 0 Å². The van der Waals surface area contributed by atoms with E-state index >= 15 is 0 Å². The van der Waals surface area contributed by atoms with Crippen LogP contribution in [0.5, 0.6) is 17.2 Å². The molecule has 0 atom stereocenters. The Labute approximate surface area is 170 Å². The summed E-state index contributed by atoms with van der Waals surface area (Å²) in [5, 5.41) is 5.62. The molecule has 3 aromatic carbocycles. The Balaban J connectivity index is 1.48. The number of urea groups is 1. The standard InChI is InChI=1S/C23H24N2O4/c1-27-21-13-8-18(14-22(21)28-2)15-24-23(26)25-19-9-11-20(12-10-19)29-16-17-6-4-3-5-7-17/h3-14H,15-16H2,1-2H3,(H2,24,25,26). The van der Waals surface area contributed by atoms with Gasteiger partial charge in [-0.05, 0) is 47.5 Å². The fourth-order valence-corrected chi connectivity index (χ4v) is 2.72. The lowest BCUT2D eigenvalue weighted by Gasteiger charge is -2.11. The number of benzene rings is 3. The number of carbonyl (C=O) groups excluding carboxylic acids is 1. The quantitative estimate of drug-likeness (QED) is 0.588. The third kappa shape index (κ3) is 5.90. The molecule has 0 radical (unpaired) electrons. The van der Waals surface area contributed by atoms with Crippen LogP contribution in [0, 0.1) is 0 Å². The molecule has 0 unspecified atom stereocenters. The van der Waals surface area contributed by atoms with E-state index in [1.165, 1.54) is 0 Å². The van der Waals surface area contributed by atoms with Gasteiger partial charge in [0.05, 0.1) is 14.2 Å². The zero-order valence-electron chi connectivity index (χ0n) is 16.5. The molecule has 0 saturated heterocycles. The highest BCUT2D eigenvalue weighted by Gasteiger charge is 2.06. The fraction of sp³-hybridized carbons (Fsp3) is 0.174. The van der Waals surface area contributed by atoms with E-state index in [0.29, 0.717) is 30.3 Å². The normalized spacial score (nSPS) is 10.1. The van der Waals surface area contributed by atoms with Crippen molar-refractivity contribution in [1.29, 1.82) is 0 Å². The molecule has 2 amide bonds. The maximum absolute atomic E-state index is 12.1. The van der Waals surface area contributed by atoms with Gasteiger partial charge in [0.2, 0.25) is 0 Å².